The molecule has 82 valence electrons. The van der Waals surface area contributed by atoms with Crippen molar-refractivity contribution in [2.24, 2.45) is 5.16 Å². The van der Waals surface area contributed by atoms with Gasteiger partial charge in [0, 0.05) is 0 Å². The Bertz CT molecular complexity index is 476. The molecule has 1 heterocycles. The molecule has 2 aromatic rings. The van der Waals surface area contributed by atoms with E-state index in [4.69, 9.17) is 9.62 Å². The van der Waals surface area contributed by atoms with Crippen LogP contribution in [0.3, 0.4) is 0 Å². The molecule has 0 radical (unpaired) electrons. The quantitative estimate of drug-likeness (QED) is 0.470. The van der Waals surface area contributed by atoms with Gasteiger partial charge in [0.25, 0.3) is 0 Å². The largest absolute Gasteiger partial charge is 0.457 e. The average molecular weight is 217 g/mol. The van der Waals surface area contributed by atoms with Gasteiger partial charge in [0.15, 0.2) is 0 Å². The summed E-state index contributed by atoms with van der Waals surface area (Å²) in [7, 11) is 0. The van der Waals surface area contributed by atoms with Crippen molar-refractivity contribution < 1.29 is 14.7 Å². The van der Waals surface area contributed by atoms with E-state index in [-0.39, 0.29) is 0 Å². The summed E-state index contributed by atoms with van der Waals surface area (Å²) in [6.07, 6.45) is 0.364. The van der Waals surface area contributed by atoms with E-state index < -0.39 is 6.10 Å². The van der Waals surface area contributed by atoms with E-state index in [0.29, 0.717) is 11.5 Å². The van der Waals surface area contributed by atoms with Crippen molar-refractivity contribution in [2.45, 2.75) is 6.10 Å². The molecule has 0 bridgehead atoms. The van der Waals surface area contributed by atoms with Crippen LogP contribution in [0.2, 0.25) is 0 Å². The normalized spacial score (nSPS) is 13.1. The monoisotopic (exact) mass is 217 g/mol. The second-order valence-corrected chi connectivity index (χ2v) is 3.30. The van der Waals surface area contributed by atoms with E-state index >= 15 is 0 Å². The zero-order valence-electron chi connectivity index (χ0n) is 8.45. The first kappa shape index (κ1) is 10.4. The first-order valence-electron chi connectivity index (χ1n) is 4.81. The summed E-state index contributed by atoms with van der Waals surface area (Å²) in [4.78, 5) is 0. The van der Waals surface area contributed by atoms with E-state index in [0.717, 1.165) is 5.56 Å². The molecule has 1 atom stereocenters. The number of aliphatic hydroxyl groups is 1. The number of rotatable bonds is 3. The average Bonchev–Trinajstić information content (AvgIpc) is 2.78. The molecule has 0 spiro atoms. The highest BCUT2D eigenvalue weighted by Gasteiger charge is 2.13. The van der Waals surface area contributed by atoms with Crippen molar-refractivity contribution in [2.75, 3.05) is 0 Å². The number of benzene rings is 1. The molecular weight excluding hydrogens is 206 g/mol. The standard InChI is InChI=1S/C12H11NO3/c14-12(9-4-2-1-3-5-9)11-7-6-10(16-11)8-13-15/h1-8,12,14-15H/b13-8-. The molecule has 0 amide bonds. The van der Waals surface area contributed by atoms with Crippen molar-refractivity contribution in [1.82, 2.24) is 0 Å². The Morgan fingerprint density at radius 2 is 1.88 bits per heavy atom. The third kappa shape index (κ3) is 2.12. The maximum atomic E-state index is 9.97. The third-order valence-electron chi connectivity index (χ3n) is 2.22. The summed E-state index contributed by atoms with van der Waals surface area (Å²) in [5.41, 5.74) is 0.754. The van der Waals surface area contributed by atoms with Gasteiger partial charge in [-0.15, -0.1) is 0 Å². The lowest BCUT2D eigenvalue weighted by Crippen LogP contribution is -1.97. The second-order valence-electron chi connectivity index (χ2n) is 3.30. The van der Waals surface area contributed by atoms with Gasteiger partial charge < -0.3 is 14.7 Å². The number of furan rings is 1. The van der Waals surface area contributed by atoms with Gasteiger partial charge in [-0.3, -0.25) is 0 Å². The van der Waals surface area contributed by atoms with Crippen molar-refractivity contribution in [3.05, 3.63) is 59.5 Å². The van der Waals surface area contributed by atoms with Gasteiger partial charge in [-0.25, -0.2) is 0 Å². The lowest BCUT2D eigenvalue weighted by Gasteiger charge is -2.06. The predicted octanol–water partition coefficient (Wildman–Crippen LogP) is 2.17. The van der Waals surface area contributed by atoms with Crippen LogP contribution in [0.1, 0.15) is 23.2 Å². The minimum atomic E-state index is -0.804. The molecule has 0 saturated heterocycles. The highest BCUT2D eigenvalue weighted by molar-refractivity contribution is 5.75. The van der Waals surface area contributed by atoms with Crippen molar-refractivity contribution in [3.63, 3.8) is 0 Å². The van der Waals surface area contributed by atoms with Crippen LogP contribution in [-0.4, -0.2) is 16.5 Å². The Morgan fingerprint density at radius 1 is 1.12 bits per heavy atom. The van der Waals surface area contributed by atoms with Gasteiger partial charge in [0.1, 0.15) is 23.8 Å². The van der Waals surface area contributed by atoms with Gasteiger partial charge in [-0.2, -0.15) is 0 Å². The molecular formula is C12H11NO3. The predicted molar refractivity (Wildman–Crippen MR) is 58.6 cm³/mol. The summed E-state index contributed by atoms with van der Waals surface area (Å²) in [6, 6.07) is 12.5. The van der Waals surface area contributed by atoms with Crippen LogP contribution >= 0.6 is 0 Å². The maximum absolute atomic E-state index is 9.97. The molecule has 0 saturated carbocycles. The van der Waals surface area contributed by atoms with Crippen LogP contribution in [0.4, 0.5) is 0 Å². The highest BCUT2D eigenvalue weighted by atomic mass is 16.4. The molecule has 4 nitrogen and oxygen atoms in total. The molecule has 4 heteroatoms. The Hall–Kier alpha value is -2.07. The first-order valence-corrected chi connectivity index (χ1v) is 4.81. The van der Waals surface area contributed by atoms with Crippen LogP contribution in [0.15, 0.2) is 52.0 Å². The SMILES string of the molecule is O/N=C\c1ccc(C(O)c2ccccc2)o1. The fourth-order valence-electron chi connectivity index (χ4n) is 1.44. The molecule has 2 N–H and O–H groups in total. The number of hydrogen-bond acceptors (Lipinski definition) is 4. The topological polar surface area (TPSA) is 66.0 Å². The Morgan fingerprint density at radius 3 is 2.56 bits per heavy atom. The zero-order chi connectivity index (χ0) is 11.4. The van der Waals surface area contributed by atoms with Crippen LogP contribution in [-0.2, 0) is 0 Å². The molecule has 0 fully saturated rings. The Kier molecular flexibility index (Phi) is 3.03. The molecule has 0 aliphatic heterocycles. The molecule has 0 aliphatic rings. The fraction of sp³-hybridized carbons (Fsp3) is 0.0833. The highest BCUT2D eigenvalue weighted by Crippen LogP contribution is 2.22. The van der Waals surface area contributed by atoms with E-state index in [2.05, 4.69) is 5.16 Å². The summed E-state index contributed by atoms with van der Waals surface area (Å²) in [5.74, 6) is 0.814. The molecule has 16 heavy (non-hydrogen) atoms. The van der Waals surface area contributed by atoms with E-state index in [1.807, 2.05) is 30.3 Å². The fourth-order valence-corrected chi connectivity index (χ4v) is 1.44. The molecule has 0 aliphatic carbocycles. The number of hydrogen-bond donors (Lipinski definition) is 2. The summed E-state index contributed by atoms with van der Waals surface area (Å²) >= 11 is 0. The van der Waals surface area contributed by atoms with E-state index in [1.165, 1.54) is 6.21 Å². The Balaban J connectivity index is 2.24. The van der Waals surface area contributed by atoms with Gasteiger partial charge in [0.2, 0.25) is 0 Å². The molecule has 1 aromatic carbocycles. The smallest absolute Gasteiger partial charge is 0.148 e. The summed E-state index contributed by atoms with van der Waals surface area (Å²) < 4.78 is 5.28. The van der Waals surface area contributed by atoms with Gasteiger partial charge in [-0.05, 0) is 17.7 Å². The number of oxime groups is 1. The number of aliphatic hydroxyl groups excluding tert-OH is 1. The minimum Gasteiger partial charge on any atom is -0.457 e. The minimum absolute atomic E-state index is 0.396. The van der Waals surface area contributed by atoms with Crippen molar-refractivity contribution in [1.29, 1.82) is 0 Å². The van der Waals surface area contributed by atoms with Crippen molar-refractivity contribution >= 4 is 6.21 Å². The van der Waals surface area contributed by atoms with Crippen molar-refractivity contribution in [3.8, 4) is 0 Å². The Labute approximate surface area is 92.5 Å². The van der Waals surface area contributed by atoms with Gasteiger partial charge >= 0.3 is 0 Å². The third-order valence-corrected chi connectivity index (χ3v) is 2.22. The zero-order valence-corrected chi connectivity index (χ0v) is 8.45. The summed E-state index contributed by atoms with van der Waals surface area (Å²) in [5, 5.41) is 21.2. The van der Waals surface area contributed by atoms with Crippen LogP contribution < -0.4 is 0 Å². The molecule has 1 aromatic heterocycles. The van der Waals surface area contributed by atoms with Crippen LogP contribution in [0.25, 0.3) is 0 Å². The molecule has 2 rings (SSSR count). The second kappa shape index (κ2) is 4.63. The van der Waals surface area contributed by atoms with Gasteiger partial charge in [0.05, 0.1) is 0 Å². The number of nitrogens with zero attached hydrogens (tertiary/aromatic N) is 1. The van der Waals surface area contributed by atoms with Crippen LogP contribution in [0.5, 0.6) is 0 Å². The summed E-state index contributed by atoms with van der Waals surface area (Å²) in [6.45, 7) is 0. The lowest BCUT2D eigenvalue weighted by molar-refractivity contribution is 0.189. The van der Waals surface area contributed by atoms with Crippen LogP contribution in [0, 0.1) is 0 Å². The van der Waals surface area contributed by atoms with E-state index in [1.54, 1.807) is 12.1 Å². The van der Waals surface area contributed by atoms with E-state index in [9.17, 15) is 5.11 Å². The maximum Gasteiger partial charge on any atom is 0.148 e. The lowest BCUT2D eigenvalue weighted by atomic mass is 10.1. The first-order chi connectivity index (χ1) is 7.81. The molecule has 1 unspecified atom stereocenters. The van der Waals surface area contributed by atoms with Gasteiger partial charge in [-0.1, -0.05) is 35.5 Å².